The number of nitrogens with one attached hydrogen (secondary N) is 3. The summed E-state index contributed by atoms with van der Waals surface area (Å²) in [7, 11) is 0. The normalized spacial score (nSPS) is 14.0. The molecule has 1 aromatic rings. The van der Waals surface area contributed by atoms with E-state index in [1.54, 1.807) is 0 Å². The van der Waals surface area contributed by atoms with Gasteiger partial charge in [-0.2, -0.15) is 0 Å². The average molecular weight is 538 g/mol. The third-order valence-corrected chi connectivity index (χ3v) is 5.38. The van der Waals surface area contributed by atoms with Gasteiger partial charge in [-0.05, 0) is 36.5 Å². The van der Waals surface area contributed by atoms with Crippen molar-refractivity contribution in [2.75, 3.05) is 0 Å². The van der Waals surface area contributed by atoms with Crippen LogP contribution in [0.4, 0.5) is 0 Å². The van der Waals surface area contributed by atoms with Crippen LogP contribution in [0.3, 0.4) is 0 Å². The predicted molar refractivity (Wildman–Crippen MR) is 133 cm³/mol. The second-order valence-electron chi connectivity index (χ2n) is 9.23. The number of carbonyl (C=O) groups excluding carboxylic acids is 4. The molecule has 38 heavy (non-hydrogen) atoms. The number of amides is 4. The molecule has 0 heterocycles. The van der Waals surface area contributed by atoms with Gasteiger partial charge in [-0.1, -0.05) is 26.0 Å². The van der Waals surface area contributed by atoms with Crippen LogP contribution in [0.15, 0.2) is 24.3 Å². The van der Waals surface area contributed by atoms with Gasteiger partial charge in [-0.15, -0.1) is 0 Å². The minimum atomic E-state index is -1.71. The number of primary amides is 1. The van der Waals surface area contributed by atoms with Crippen molar-refractivity contribution in [3.8, 4) is 5.75 Å². The highest BCUT2D eigenvalue weighted by atomic mass is 16.4. The summed E-state index contributed by atoms with van der Waals surface area (Å²) in [5, 5.41) is 34.9. The van der Waals surface area contributed by atoms with Crippen molar-refractivity contribution >= 4 is 35.6 Å². The Morgan fingerprint density at radius 2 is 1.37 bits per heavy atom. The number of benzene rings is 1. The summed E-state index contributed by atoms with van der Waals surface area (Å²) in [6.45, 7) is 3.72. The van der Waals surface area contributed by atoms with E-state index in [0.29, 0.717) is 12.0 Å². The summed E-state index contributed by atoms with van der Waals surface area (Å²) in [6, 6.07) is 0.249. The van der Waals surface area contributed by atoms with Gasteiger partial charge in [-0.3, -0.25) is 24.0 Å². The van der Waals surface area contributed by atoms with Crippen LogP contribution >= 0.6 is 0 Å². The molecule has 0 aromatic heterocycles. The Morgan fingerprint density at radius 3 is 1.87 bits per heavy atom. The van der Waals surface area contributed by atoms with Crippen LogP contribution in [0.2, 0.25) is 0 Å². The van der Waals surface area contributed by atoms with Crippen molar-refractivity contribution in [3.05, 3.63) is 29.8 Å². The van der Waals surface area contributed by atoms with E-state index >= 15 is 0 Å². The number of nitrogens with two attached hydrogens (primary N) is 2. The largest absolute Gasteiger partial charge is 0.508 e. The lowest BCUT2D eigenvalue weighted by Crippen LogP contribution is -2.58. The third-order valence-electron chi connectivity index (χ3n) is 5.38. The molecule has 10 N–H and O–H groups in total. The Hall–Kier alpha value is -4.20. The number of aliphatic carboxylic acids is 2. The zero-order valence-corrected chi connectivity index (χ0v) is 21.2. The Labute approximate surface area is 219 Å². The number of carboxylic acid groups (broad SMARTS) is 2. The highest BCUT2D eigenvalue weighted by Gasteiger charge is 2.32. The molecule has 1 aromatic carbocycles. The summed E-state index contributed by atoms with van der Waals surface area (Å²) < 4.78 is 0. The first-order chi connectivity index (χ1) is 17.7. The predicted octanol–water partition coefficient (Wildman–Crippen LogP) is -1.41. The molecule has 0 aliphatic heterocycles. The van der Waals surface area contributed by atoms with E-state index in [9.17, 15) is 44.1 Å². The monoisotopic (exact) mass is 537 g/mol. The smallest absolute Gasteiger partial charge is 0.326 e. The molecule has 210 valence electrons. The summed E-state index contributed by atoms with van der Waals surface area (Å²) in [5.41, 5.74) is 11.5. The second-order valence-corrected chi connectivity index (χ2v) is 9.23. The molecule has 0 fully saturated rings. The quantitative estimate of drug-likeness (QED) is 0.122. The molecule has 0 saturated heterocycles. The molecule has 4 amide bonds. The molecule has 4 atom stereocenters. The second kappa shape index (κ2) is 15.1. The molecule has 14 nitrogen and oxygen atoms in total. The number of hydrogen-bond donors (Lipinski definition) is 8. The maximum atomic E-state index is 13.2. The SMILES string of the molecule is CC(C)CC(N)C(=O)NC(Cc1ccc(O)cc1)C(=O)NC(CC(=O)O)C(=O)NC(CCC(N)=O)C(=O)O. The molecular weight excluding hydrogens is 502 g/mol. The van der Waals surface area contributed by atoms with Crippen molar-refractivity contribution in [2.24, 2.45) is 17.4 Å². The molecule has 0 aliphatic carbocycles. The van der Waals surface area contributed by atoms with E-state index in [4.69, 9.17) is 11.5 Å². The van der Waals surface area contributed by atoms with E-state index in [1.165, 1.54) is 24.3 Å². The van der Waals surface area contributed by atoms with Gasteiger partial charge in [0.15, 0.2) is 0 Å². The average Bonchev–Trinajstić information content (AvgIpc) is 2.80. The number of phenolic OH excluding ortho intramolecular Hbond substituents is 1. The topological polar surface area (TPSA) is 251 Å². The molecule has 14 heteroatoms. The highest BCUT2D eigenvalue weighted by molar-refractivity contribution is 5.95. The van der Waals surface area contributed by atoms with Crippen molar-refractivity contribution in [1.29, 1.82) is 0 Å². The van der Waals surface area contributed by atoms with Crippen LogP contribution < -0.4 is 27.4 Å². The minimum absolute atomic E-state index is 0.0275. The van der Waals surface area contributed by atoms with Gasteiger partial charge in [0, 0.05) is 12.8 Å². The first-order valence-electron chi connectivity index (χ1n) is 11.9. The fourth-order valence-electron chi connectivity index (χ4n) is 3.44. The van der Waals surface area contributed by atoms with Gasteiger partial charge in [0.1, 0.15) is 23.9 Å². The Balaban J connectivity index is 3.14. The lowest BCUT2D eigenvalue weighted by molar-refractivity contribution is -0.143. The number of carbonyl (C=O) groups is 6. The van der Waals surface area contributed by atoms with E-state index in [2.05, 4.69) is 16.0 Å². The van der Waals surface area contributed by atoms with E-state index in [1.807, 2.05) is 13.8 Å². The van der Waals surface area contributed by atoms with Crippen LogP contribution in [0.25, 0.3) is 0 Å². The molecule has 0 saturated carbocycles. The van der Waals surface area contributed by atoms with Crippen molar-refractivity contribution in [2.45, 2.75) is 70.1 Å². The van der Waals surface area contributed by atoms with Crippen LogP contribution in [-0.4, -0.2) is 75.1 Å². The Bertz CT molecular complexity index is 1010. The molecule has 0 aliphatic rings. The third kappa shape index (κ3) is 11.7. The fourth-order valence-corrected chi connectivity index (χ4v) is 3.44. The number of hydrogen-bond acceptors (Lipinski definition) is 8. The van der Waals surface area contributed by atoms with Gasteiger partial charge in [0.25, 0.3) is 0 Å². The maximum Gasteiger partial charge on any atom is 0.326 e. The Kier molecular flexibility index (Phi) is 12.7. The number of carboxylic acids is 2. The summed E-state index contributed by atoms with van der Waals surface area (Å²) in [5.74, 6) is -6.39. The molecule has 0 spiro atoms. The number of rotatable bonds is 16. The first-order valence-corrected chi connectivity index (χ1v) is 11.9. The van der Waals surface area contributed by atoms with Gasteiger partial charge >= 0.3 is 11.9 Å². The molecule has 4 unspecified atom stereocenters. The summed E-state index contributed by atoms with van der Waals surface area (Å²) in [4.78, 5) is 72.4. The van der Waals surface area contributed by atoms with Gasteiger partial charge in [0.2, 0.25) is 23.6 Å². The van der Waals surface area contributed by atoms with E-state index in [0.717, 1.165) is 0 Å². The van der Waals surface area contributed by atoms with Crippen molar-refractivity contribution < 1.29 is 44.1 Å². The van der Waals surface area contributed by atoms with Crippen LogP contribution in [0, 0.1) is 5.92 Å². The lowest BCUT2D eigenvalue weighted by Gasteiger charge is -2.25. The van der Waals surface area contributed by atoms with Crippen molar-refractivity contribution in [3.63, 3.8) is 0 Å². The molecule has 0 radical (unpaired) electrons. The Morgan fingerprint density at radius 1 is 0.842 bits per heavy atom. The number of aromatic hydroxyl groups is 1. The standard InChI is InChI=1S/C24H35N5O9/c1-12(2)9-15(25)21(34)28-17(10-13-3-5-14(30)6-4-13)22(35)29-18(11-20(32)33)23(36)27-16(24(37)38)7-8-19(26)31/h3-6,12,15-18,30H,7-11,25H2,1-2H3,(H2,26,31)(H,27,36)(H,28,34)(H,29,35)(H,32,33)(H,37,38). The highest BCUT2D eigenvalue weighted by Crippen LogP contribution is 2.12. The number of phenols is 1. The summed E-state index contributed by atoms with van der Waals surface area (Å²) >= 11 is 0. The molecule has 0 bridgehead atoms. The zero-order valence-electron chi connectivity index (χ0n) is 21.2. The first kappa shape index (κ1) is 31.8. The maximum absolute atomic E-state index is 13.2. The minimum Gasteiger partial charge on any atom is -0.508 e. The molecular formula is C24H35N5O9. The molecule has 1 rings (SSSR count). The van der Waals surface area contributed by atoms with E-state index < -0.39 is 66.2 Å². The van der Waals surface area contributed by atoms with Crippen LogP contribution in [0.5, 0.6) is 5.75 Å². The van der Waals surface area contributed by atoms with Gasteiger partial charge < -0.3 is 42.7 Å². The van der Waals surface area contributed by atoms with E-state index in [-0.39, 0.29) is 30.9 Å². The zero-order chi connectivity index (χ0) is 29.0. The fraction of sp³-hybridized carbons (Fsp3) is 0.500. The lowest BCUT2D eigenvalue weighted by atomic mass is 10.0. The van der Waals surface area contributed by atoms with Crippen LogP contribution in [0.1, 0.15) is 45.1 Å². The summed E-state index contributed by atoms with van der Waals surface area (Å²) in [6.07, 6.45) is -1.37. The van der Waals surface area contributed by atoms with Gasteiger partial charge in [-0.25, -0.2) is 4.79 Å². The van der Waals surface area contributed by atoms with Gasteiger partial charge in [0.05, 0.1) is 12.5 Å². The van der Waals surface area contributed by atoms with Crippen molar-refractivity contribution in [1.82, 2.24) is 16.0 Å². The van der Waals surface area contributed by atoms with Crippen LogP contribution in [-0.2, 0) is 35.2 Å².